The number of nitrogens with two attached hydrogens (primary N) is 1. The van der Waals surface area contributed by atoms with E-state index in [0.29, 0.717) is 17.4 Å². The van der Waals surface area contributed by atoms with Gasteiger partial charge in [0.1, 0.15) is 11.0 Å². The molecule has 0 saturated heterocycles. The smallest absolute Gasteiger partial charge is 0.232 e. The number of pyridine rings is 1. The van der Waals surface area contributed by atoms with Crippen molar-refractivity contribution in [1.29, 1.82) is 0 Å². The zero-order valence-corrected chi connectivity index (χ0v) is 9.32. The summed E-state index contributed by atoms with van der Waals surface area (Å²) in [6.45, 7) is 0. The van der Waals surface area contributed by atoms with Gasteiger partial charge in [-0.2, -0.15) is 0 Å². The van der Waals surface area contributed by atoms with Gasteiger partial charge in [0.05, 0.1) is 5.92 Å². The molecule has 16 heavy (non-hydrogen) atoms. The molecule has 0 aromatic carbocycles. The van der Waals surface area contributed by atoms with Gasteiger partial charge in [-0.15, -0.1) is 0 Å². The molecule has 2 atom stereocenters. The number of carbonyl (C=O) groups is 1. The SMILES string of the molecule is NC1C=CC(C(=O)Nc2cccc(Cl)n2)C1. The molecule has 1 heterocycles. The summed E-state index contributed by atoms with van der Waals surface area (Å²) in [7, 11) is 0. The summed E-state index contributed by atoms with van der Waals surface area (Å²) in [4.78, 5) is 15.8. The highest BCUT2D eigenvalue weighted by molar-refractivity contribution is 6.29. The van der Waals surface area contributed by atoms with Crippen LogP contribution in [0.25, 0.3) is 0 Å². The van der Waals surface area contributed by atoms with Crippen molar-refractivity contribution in [1.82, 2.24) is 4.98 Å². The Balaban J connectivity index is 2.00. The molecular weight excluding hydrogens is 226 g/mol. The van der Waals surface area contributed by atoms with Crippen LogP contribution >= 0.6 is 11.6 Å². The third-order valence-electron chi connectivity index (χ3n) is 2.42. The number of amides is 1. The van der Waals surface area contributed by atoms with Gasteiger partial charge in [-0.05, 0) is 18.6 Å². The summed E-state index contributed by atoms with van der Waals surface area (Å²) in [6, 6.07) is 5.06. The summed E-state index contributed by atoms with van der Waals surface area (Å²) in [5, 5.41) is 3.06. The monoisotopic (exact) mass is 237 g/mol. The van der Waals surface area contributed by atoms with E-state index in [0.717, 1.165) is 0 Å². The van der Waals surface area contributed by atoms with Gasteiger partial charge in [0.2, 0.25) is 5.91 Å². The first kappa shape index (κ1) is 11.1. The average Bonchev–Trinajstić information content (AvgIpc) is 2.65. The molecule has 1 aromatic rings. The van der Waals surface area contributed by atoms with Crippen molar-refractivity contribution in [3.63, 3.8) is 0 Å². The first-order valence-corrected chi connectivity index (χ1v) is 5.40. The summed E-state index contributed by atoms with van der Waals surface area (Å²) in [5.74, 6) is 0.195. The zero-order valence-electron chi connectivity index (χ0n) is 8.56. The van der Waals surface area contributed by atoms with Crippen LogP contribution in [0.15, 0.2) is 30.4 Å². The zero-order chi connectivity index (χ0) is 11.5. The van der Waals surface area contributed by atoms with Gasteiger partial charge in [-0.1, -0.05) is 29.8 Å². The number of aromatic nitrogens is 1. The predicted molar refractivity (Wildman–Crippen MR) is 63.1 cm³/mol. The molecule has 1 aliphatic carbocycles. The van der Waals surface area contributed by atoms with Crippen molar-refractivity contribution in [3.8, 4) is 0 Å². The molecule has 5 heteroatoms. The van der Waals surface area contributed by atoms with Gasteiger partial charge in [0, 0.05) is 6.04 Å². The Bertz CT molecular complexity index is 433. The first-order valence-electron chi connectivity index (χ1n) is 5.02. The number of halogens is 1. The maximum atomic E-state index is 11.8. The van der Waals surface area contributed by atoms with E-state index >= 15 is 0 Å². The Hall–Kier alpha value is -1.39. The summed E-state index contributed by atoms with van der Waals surface area (Å²) in [6.07, 6.45) is 4.31. The van der Waals surface area contributed by atoms with Crippen molar-refractivity contribution >= 4 is 23.3 Å². The Labute approximate surface area is 98.5 Å². The number of nitrogens with zero attached hydrogens (tertiary/aromatic N) is 1. The summed E-state index contributed by atoms with van der Waals surface area (Å²) in [5.41, 5.74) is 5.68. The quantitative estimate of drug-likeness (QED) is 0.606. The summed E-state index contributed by atoms with van der Waals surface area (Å²) < 4.78 is 0. The van der Waals surface area contributed by atoms with E-state index in [1.165, 1.54) is 0 Å². The molecule has 2 rings (SSSR count). The fraction of sp³-hybridized carbons (Fsp3) is 0.273. The highest BCUT2D eigenvalue weighted by atomic mass is 35.5. The third-order valence-corrected chi connectivity index (χ3v) is 2.63. The number of nitrogens with one attached hydrogen (secondary N) is 1. The van der Waals surface area contributed by atoms with Crippen molar-refractivity contribution in [2.75, 3.05) is 5.32 Å². The van der Waals surface area contributed by atoms with Gasteiger partial charge >= 0.3 is 0 Å². The Morgan fingerprint density at radius 2 is 2.31 bits per heavy atom. The second-order valence-corrected chi connectivity index (χ2v) is 4.11. The van der Waals surface area contributed by atoms with Crippen LogP contribution in [0, 0.1) is 5.92 Å². The molecule has 3 N–H and O–H groups in total. The van der Waals surface area contributed by atoms with Gasteiger partial charge in [0.15, 0.2) is 0 Å². The molecule has 0 aliphatic heterocycles. The molecule has 0 fully saturated rings. The van der Waals surface area contributed by atoms with Gasteiger partial charge in [0.25, 0.3) is 0 Å². The number of rotatable bonds is 2. The largest absolute Gasteiger partial charge is 0.324 e. The molecule has 0 spiro atoms. The topological polar surface area (TPSA) is 68.0 Å². The van der Waals surface area contributed by atoms with E-state index in [1.54, 1.807) is 18.2 Å². The average molecular weight is 238 g/mol. The predicted octanol–water partition coefficient (Wildman–Crippen LogP) is 1.58. The number of carbonyl (C=O) groups excluding carboxylic acids is 1. The molecule has 1 aliphatic rings. The lowest BCUT2D eigenvalue weighted by Gasteiger charge is -2.09. The van der Waals surface area contributed by atoms with E-state index in [1.807, 2.05) is 12.2 Å². The van der Waals surface area contributed by atoms with Gasteiger partial charge < -0.3 is 11.1 Å². The van der Waals surface area contributed by atoms with E-state index < -0.39 is 0 Å². The Kier molecular flexibility index (Phi) is 3.22. The maximum Gasteiger partial charge on any atom is 0.232 e. The molecule has 0 radical (unpaired) electrons. The number of anilines is 1. The van der Waals surface area contributed by atoms with Crippen LogP contribution in [0.1, 0.15) is 6.42 Å². The van der Waals surface area contributed by atoms with Crippen LogP contribution < -0.4 is 11.1 Å². The van der Waals surface area contributed by atoms with E-state index in [2.05, 4.69) is 10.3 Å². The third kappa shape index (κ3) is 2.59. The molecule has 84 valence electrons. The molecule has 2 unspecified atom stereocenters. The number of hydrogen-bond donors (Lipinski definition) is 2. The fourth-order valence-electron chi connectivity index (χ4n) is 1.62. The maximum absolute atomic E-state index is 11.8. The van der Waals surface area contributed by atoms with Crippen LogP contribution in [0.2, 0.25) is 5.15 Å². The minimum absolute atomic E-state index is 0.0249. The van der Waals surface area contributed by atoms with Crippen LogP contribution in [0.5, 0.6) is 0 Å². The van der Waals surface area contributed by atoms with Crippen LogP contribution in [-0.2, 0) is 4.79 Å². The standard InChI is InChI=1S/C11H12ClN3O/c12-9-2-1-3-10(14-9)15-11(16)7-4-5-8(13)6-7/h1-5,7-8H,6,13H2,(H,14,15,16). The highest BCUT2D eigenvalue weighted by Crippen LogP contribution is 2.18. The van der Waals surface area contributed by atoms with Crippen molar-refractivity contribution in [2.24, 2.45) is 11.7 Å². The van der Waals surface area contributed by atoms with Gasteiger partial charge in [-0.3, -0.25) is 4.79 Å². The van der Waals surface area contributed by atoms with E-state index in [-0.39, 0.29) is 17.9 Å². The lowest BCUT2D eigenvalue weighted by molar-refractivity contribution is -0.118. The second kappa shape index (κ2) is 4.63. The molecule has 1 aromatic heterocycles. The van der Waals surface area contributed by atoms with Crippen LogP contribution in [0.4, 0.5) is 5.82 Å². The van der Waals surface area contributed by atoms with Crippen LogP contribution in [-0.4, -0.2) is 16.9 Å². The molecule has 0 saturated carbocycles. The van der Waals surface area contributed by atoms with E-state index in [4.69, 9.17) is 17.3 Å². The molecule has 0 bridgehead atoms. The Morgan fingerprint density at radius 1 is 1.50 bits per heavy atom. The Morgan fingerprint density at radius 3 is 2.94 bits per heavy atom. The normalized spacial score (nSPS) is 23.4. The van der Waals surface area contributed by atoms with Crippen molar-refractivity contribution < 1.29 is 4.79 Å². The lowest BCUT2D eigenvalue weighted by Crippen LogP contribution is -2.24. The highest BCUT2D eigenvalue weighted by Gasteiger charge is 2.22. The second-order valence-electron chi connectivity index (χ2n) is 3.73. The minimum Gasteiger partial charge on any atom is -0.324 e. The van der Waals surface area contributed by atoms with Crippen molar-refractivity contribution in [2.45, 2.75) is 12.5 Å². The molecule has 1 amide bonds. The van der Waals surface area contributed by atoms with Crippen molar-refractivity contribution in [3.05, 3.63) is 35.5 Å². The molecular formula is C11H12ClN3O. The number of hydrogen-bond acceptors (Lipinski definition) is 3. The fourth-order valence-corrected chi connectivity index (χ4v) is 1.78. The first-order chi connectivity index (χ1) is 7.65. The minimum atomic E-state index is -0.171. The molecule has 4 nitrogen and oxygen atoms in total. The summed E-state index contributed by atoms with van der Waals surface area (Å²) >= 11 is 5.71. The van der Waals surface area contributed by atoms with Gasteiger partial charge in [-0.25, -0.2) is 4.98 Å². The lowest BCUT2D eigenvalue weighted by atomic mass is 10.1. The van der Waals surface area contributed by atoms with E-state index in [9.17, 15) is 4.79 Å². The van der Waals surface area contributed by atoms with Crippen LogP contribution in [0.3, 0.4) is 0 Å².